The van der Waals surface area contributed by atoms with Crippen LogP contribution in [0, 0.1) is 0 Å². The van der Waals surface area contributed by atoms with E-state index in [-0.39, 0.29) is 17.4 Å². The highest BCUT2D eigenvalue weighted by atomic mass is 32.1. The first-order valence-corrected chi connectivity index (χ1v) is 6.49. The van der Waals surface area contributed by atoms with Crippen molar-refractivity contribution in [1.82, 2.24) is 4.98 Å². The van der Waals surface area contributed by atoms with Crippen LogP contribution in [-0.2, 0) is 9.30 Å². The van der Waals surface area contributed by atoms with Crippen LogP contribution >= 0.6 is 18.9 Å². The first-order chi connectivity index (χ1) is 6.88. The van der Waals surface area contributed by atoms with Gasteiger partial charge in [0.25, 0.3) is 0 Å². The highest BCUT2D eigenvalue weighted by Crippen LogP contribution is 2.33. The van der Waals surface area contributed by atoms with Crippen LogP contribution in [-0.4, -0.2) is 33.5 Å². The highest BCUT2D eigenvalue weighted by molar-refractivity contribution is 7.51. The molecule has 0 aromatic carbocycles. The Hall–Kier alpha value is -0.950. The Morgan fingerprint density at radius 1 is 1.67 bits per heavy atom. The van der Waals surface area contributed by atoms with Crippen LogP contribution in [0.2, 0.25) is 0 Å². The van der Waals surface area contributed by atoms with Crippen molar-refractivity contribution < 1.29 is 23.9 Å². The first kappa shape index (κ1) is 12.1. The SMILES string of the molecule is Nc1nc(C(=O)OCCP(=O)(O)O)cs1. The zero-order valence-corrected chi connectivity index (χ0v) is 9.20. The number of aromatic nitrogens is 1. The summed E-state index contributed by atoms with van der Waals surface area (Å²) in [5.41, 5.74) is 5.33. The molecule has 84 valence electrons. The Labute approximate surface area is 89.1 Å². The minimum atomic E-state index is -4.13. The van der Waals surface area contributed by atoms with Gasteiger partial charge in [0.15, 0.2) is 10.8 Å². The number of carbonyl (C=O) groups excluding carboxylic acids is 1. The van der Waals surface area contributed by atoms with E-state index in [1.807, 2.05) is 0 Å². The lowest BCUT2D eigenvalue weighted by molar-refractivity contribution is 0.0520. The molecule has 9 heteroatoms. The molecule has 0 bridgehead atoms. The van der Waals surface area contributed by atoms with Crippen molar-refractivity contribution in [3.8, 4) is 0 Å². The van der Waals surface area contributed by atoms with Crippen LogP contribution in [0.3, 0.4) is 0 Å². The average molecular weight is 252 g/mol. The van der Waals surface area contributed by atoms with Crippen LogP contribution in [0.25, 0.3) is 0 Å². The minimum absolute atomic E-state index is 0.0446. The first-order valence-electron chi connectivity index (χ1n) is 3.81. The monoisotopic (exact) mass is 252 g/mol. The Bertz CT molecular complexity index is 400. The molecule has 0 aliphatic rings. The summed E-state index contributed by atoms with van der Waals surface area (Å²) < 4.78 is 15.0. The van der Waals surface area contributed by atoms with Gasteiger partial charge in [-0.3, -0.25) is 4.57 Å². The number of nitrogens with zero attached hydrogens (tertiary/aromatic N) is 1. The van der Waals surface area contributed by atoms with E-state index in [1.165, 1.54) is 5.38 Å². The summed E-state index contributed by atoms with van der Waals surface area (Å²) in [6.45, 7) is -0.347. The molecule has 0 unspecified atom stereocenters. The van der Waals surface area contributed by atoms with Gasteiger partial charge >= 0.3 is 13.6 Å². The van der Waals surface area contributed by atoms with Gasteiger partial charge in [-0.1, -0.05) is 0 Å². The van der Waals surface area contributed by atoms with Crippen LogP contribution in [0.5, 0.6) is 0 Å². The predicted octanol–water partition coefficient (Wildman–Crippen LogP) is 0.0598. The largest absolute Gasteiger partial charge is 0.460 e. The fourth-order valence-electron chi connectivity index (χ4n) is 0.713. The maximum absolute atomic E-state index is 11.2. The molecule has 1 aromatic rings. The Morgan fingerprint density at radius 3 is 2.80 bits per heavy atom. The van der Waals surface area contributed by atoms with Gasteiger partial charge in [0, 0.05) is 5.38 Å². The molecule has 4 N–H and O–H groups in total. The van der Waals surface area contributed by atoms with Gasteiger partial charge in [-0.2, -0.15) is 0 Å². The van der Waals surface area contributed by atoms with E-state index < -0.39 is 19.7 Å². The number of esters is 1. The maximum atomic E-state index is 11.2. The summed E-state index contributed by atoms with van der Waals surface area (Å²) in [5, 5.41) is 1.65. The third kappa shape index (κ3) is 4.39. The summed E-state index contributed by atoms with van der Waals surface area (Å²) >= 11 is 1.08. The zero-order valence-electron chi connectivity index (χ0n) is 7.49. The Kier molecular flexibility index (Phi) is 3.81. The summed E-state index contributed by atoms with van der Waals surface area (Å²) in [6.07, 6.45) is -0.502. The number of carbonyl (C=O) groups is 1. The molecule has 0 fully saturated rings. The van der Waals surface area contributed by atoms with E-state index in [1.54, 1.807) is 0 Å². The molecular formula is C6H9N2O5PS. The number of anilines is 1. The summed E-state index contributed by atoms with van der Waals surface area (Å²) in [6, 6.07) is 0. The molecule has 0 amide bonds. The van der Waals surface area contributed by atoms with Crippen molar-refractivity contribution in [2.24, 2.45) is 0 Å². The van der Waals surface area contributed by atoms with E-state index in [9.17, 15) is 9.36 Å². The number of nitrogen functional groups attached to an aromatic ring is 1. The quantitative estimate of drug-likeness (QED) is 0.511. The van der Waals surface area contributed by atoms with Gasteiger partial charge in [0.2, 0.25) is 0 Å². The Morgan fingerprint density at radius 2 is 2.33 bits per heavy atom. The second-order valence-corrected chi connectivity index (χ2v) is 5.26. The number of hydrogen-bond acceptors (Lipinski definition) is 6. The zero-order chi connectivity index (χ0) is 11.5. The van der Waals surface area contributed by atoms with Gasteiger partial charge in [-0.05, 0) is 0 Å². The number of rotatable bonds is 4. The smallest absolute Gasteiger partial charge is 0.357 e. The lowest BCUT2D eigenvalue weighted by Crippen LogP contribution is -2.09. The van der Waals surface area contributed by atoms with Gasteiger partial charge in [0.05, 0.1) is 6.16 Å². The van der Waals surface area contributed by atoms with Crippen molar-refractivity contribution in [2.45, 2.75) is 0 Å². The molecule has 1 heterocycles. The molecule has 0 saturated carbocycles. The molecule has 1 rings (SSSR count). The van der Waals surface area contributed by atoms with Crippen LogP contribution < -0.4 is 5.73 Å². The highest BCUT2D eigenvalue weighted by Gasteiger charge is 2.16. The lowest BCUT2D eigenvalue weighted by Gasteiger charge is -2.03. The molecule has 15 heavy (non-hydrogen) atoms. The molecule has 0 saturated heterocycles. The van der Waals surface area contributed by atoms with Crippen molar-refractivity contribution in [3.63, 3.8) is 0 Å². The van der Waals surface area contributed by atoms with Gasteiger partial charge in [0.1, 0.15) is 6.61 Å². The predicted molar refractivity (Wildman–Crippen MR) is 53.7 cm³/mol. The molecule has 0 spiro atoms. The van der Waals surface area contributed by atoms with Crippen molar-refractivity contribution in [3.05, 3.63) is 11.1 Å². The second-order valence-electron chi connectivity index (χ2n) is 2.60. The van der Waals surface area contributed by atoms with Crippen LogP contribution in [0.4, 0.5) is 5.13 Å². The standard InChI is InChI=1S/C6H9N2O5PS/c7-6-8-4(3-15-6)5(9)13-1-2-14(10,11)12/h3H,1-2H2,(H2,7,8)(H2,10,11,12). The summed E-state index contributed by atoms with van der Waals surface area (Å²) in [7, 11) is -4.13. The van der Waals surface area contributed by atoms with E-state index in [0.717, 1.165) is 11.3 Å². The molecule has 0 radical (unpaired) electrons. The van der Waals surface area contributed by atoms with Crippen LogP contribution in [0.1, 0.15) is 10.5 Å². The molecule has 0 aliphatic heterocycles. The topological polar surface area (TPSA) is 123 Å². The number of hydrogen-bond donors (Lipinski definition) is 3. The molecule has 7 nitrogen and oxygen atoms in total. The normalized spacial score (nSPS) is 11.3. The van der Waals surface area contributed by atoms with E-state index in [2.05, 4.69) is 9.72 Å². The van der Waals surface area contributed by atoms with E-state index >= 15 is 0 Å². The van der Waals surface area contributed by atoms with Crippen molar-refractivity contribution >= 4 is 30.0 Å². The number of nitrogens with two attached hydrogens (primary N) is 1. The van der Waals surface area contributed by atoms with Crippen molar-refractivity contribution in [2.75, 3.05) is 18.5 Å². The van der Waals surface area contributed by atoms with Crippen molar-refractivity contribution in [1.29, 1.82) is 0 Å². The van der Waals surface area contributed by atoms with Gasteiger partial charge in [-0.25, -0.2) is 9.78 Å². The maximum Gasteiger partial charge on any atom is 0.357 e. The molecule has 0 aliphatic carbocycles. The third-order valence-corrected chi connectivity index (χ3v) is 2.79. The molecule has 0 atom stereocenters. The van der Waals surface area contributed by atoms with Gasteiger partial charge in [-0.15, -0.1) is 11.3 Å². The second kappa shape index (κ2) is 4.71. The van der Waals surface area contributed by atoms with Gasteiger partial charge < -0.3 is 20.3 Å². The fraction of sp³-hybridized carbons (Fsp3) is 0.333. The molecular weight excluding hydrogens is 243 g/mol. The summed E-state index contributed by atoms with van der Waals surface area (Å²) in [4.78, 5) is 31.8. The number of thiazole rings is 1. The average Bonchev–Trinajstić information content (AvgIpc) is 2.49. The minimum Gasteiger partial charge on any atom is -0.460 e. The van der Waals surface area contributed by atoms with E-state index in [4.69, 9.17) is 15.5 Å². The van der Waals surface area contributed by atoms with Crippen LogP contribution in [0.15, 0.2) is 5.38 Å². The summed E-state index contributed by atoms with van der Waals surface area (Å²) in [5.74, 6) is -0.739. The van der Waals surface area contributed by atoms with E-state index in [0.29, 0.717) is 0 Å². The fourth-order valence-corrected chi connectivity index (χ4v) is 1.57. The number of ether oxygens (including phenoxy) is 1. The molecule has 1 aromatic heterocycles. The lowest BCUT2D eigenvalue weighted by atomic mass is 10.5. The third-order valence-electron chi connectivity index (χ3n) is 1.35. The Balaban J connectivity index is 2.41.